The van der Waals surface area contributed by atoms with Crippen LogP contribution in [0.5, 0.6) is 0 Å². The fraction of sp³-hybridized carbons (Fsp3) is 0.353. The Labute approximate surface area is 124 Å². The highest BCUT2D eigenvalue weighted by atomic mass is 16.1. The van der Waals surface area contributed by atoms with E-state index in [0.29, 0.717) is 6.54 Å². The fourth-order valence-corrected chi connectivity index (χ4v) is 2.73. The van der Waals surface area contributed by atoms with E-state index in [9.17, 15) is 4.79 Å². The molecule has 1 aliphatic heterocycles. The zero-order chi connectivity index (χ0) is 14.5. The van der Waals surface area contributed by atoms with Crippen LogP contribution in [0.3, 0.4) is 0 Å². The minimum atomic E-state index is -0.0599. The van der Waals surface area contributed by atoms with E-state index in [-0.39, 0.29) is 5.56 Å². The highest BCUT2D eigenvalue weighted by Crippen LogP contribution is 2.15. The summed E-state index contributed by atoms with van der Waals surface area (Å²) in [6.45, 7) is 4.16. The highest BCUT2D eigenvalue weighted by molar-refractivity contribution is 5.45. The van der Waals surface area contributed by atoms with Gasteiger partial charge in [0, 0.05) is 31.0 Å². The third-order valence-electron chi connectivity index (χ3n) is 3.89. The molecule has 1 aliphatic rings. The van der Waals surface area contributed by atoms with Crippen molar-refractivity contribution in [1.29, 1.82) is 0 Å². The number of aromatic nitrogens is 1. The first kappa shape index (κ1) is 13.9. The molecule has 3 rings (SSSR count). The molecule has 2 aromatic rings. The van der Waals surface area contributed by atoms with Gasteiger partial charge in [0.05, 0.1) is 0 Å². The summed E-state index contributed by atoms with van der Waals surface area (Å²) < 4.78 is 0. The Morgan fingerprint density at radius 1 is 1.05 bits per heavy atom. The second kappa shape index (κ2) is 6.59. The van der Waals surface area contributed by atoms with Crippen LogP contribution in [0.4, 0.5) is 5.69 Å². The SMILES string of the molecule is O=c1cc(CNc2ccc(CN3CCCC3)cc2)cc[nH]1. The lowest BCUT2D eigenvalue weighted by atomic mass is 10.2. The second-order valence-electron chi connectivity index (χ2n) is 5.59. The molecule has 1 aromatic carbocycles. The summed E-state index contributed by atoms with van der Waals surface area (Å²) in [5.41, 5.74) is 3.37. The summed E-state index contributed by atoms with van der Waals surface area (Å²) in [4.78, 5) is 16.3. The van der Waals surface area contributed by atoms with Gasteiger partial charge in [-0.3, -0.25) is 9.69 Å². The fourth-order valence-electron chi connectivity index (χ4n) is 2.73. The Hall–Kier alpha value is -2.07. The third-order valence-corrected chi connectivity index (χ3v) is 3.89. The lowest BCUT2D eigenvalue weighted by Gasteiger charge is -2.15. The van der Waals surface area contributed by atoms with E-state index in [0.717, 1.165) is 17.8 Å². The first-order valence-electron chi connectivity index (χ1n) is 7.52. The number of anilines is 1. The van der Waals surface area contributed by atoms with Gasteiger partial charge in [-0.25, -0.2) is 0 Å². The number of benzene rings is 1. The number of H-pyrrole nitrogens is 1. The Morgan fingerprint density at radius 2 is 1.81 bits per heavy atom. The summed E-state index contributed by atoms with van der Waals surface area (Å²) in [5, 5.41) is 3.34. The molecule has 1 fully saturated rings. The van der Waals surface area contributed by atoms with Gasteiger partial charge < -0.3 is 10.3 Å². The molecule has 0 unspecified atom stereocenters. The predicted octanol–water partition coefficient (Wildman–Crippen LogP) is 2.58. The molecule has 1 saturated heterocycles. The minimum Gasteiger partial charge on any atom is -0.381 e. The van der Waals surface area contributed by atoms with E-state index in [1.807, 2.05) is 6.07 Å². The van der Waals surface area contributed by atoms with Crippen LogP contribution < -0.4 is 10.9 Å². The number of likely N-dealkylation sites (tertiary alicyclic amines) is 1. The predicted molar refractivity (Wildman–Crippen MR) is 85.3 cm³/mol. The number of nitrogens with zero attached hydrogens (tertiary/aromatic N) is 1. The first-order valence-corrected chi connectivity index (χ1v) is 7.52. The van der Waals surface area contributed by atoms with Crippen molar-refractivity contribution in [1.82, 2.24) is 9.88 Å². The van der Waals surface area contributed by atoms with Gasteiger partial charge in [0.25, 0.3) is 0 Å². The van der Waals surface area contributed by atoms with Crippen LogP contribution in [-0.2, 0) is 13.1 Å². The van der Waals surface area contributed by atoms with Gasteiger partial charge in [0.1, 0.15) is 0 Å². The zero-order valence-electron chi connectivity index (χ0n) is 12.1. The first-order chi connectivity index (χ1) is 10.3. The van der Waals surface area contributed by atoms with E-state index in [4.69, 9.17) is 0 Å². The minimum absolute atomic E-state index is 0.0599. The molecule has 0 radical (unpaired) electrons. The molecule has 4 nitrogen and oxygen atoms in total. The molecule has 0 aliphatic carbocycles. The number of pyridine rings is 1. The van der Waals surface area contributed by atoms with Crippen LogP contribution in [0.1, 0.15) is 24.0 Å². The zero-order valence-corrected chi connectivity index (χ0v) is 12.1. The smallest absolute Gasteiger partial charge is 0.248 e. The molecule has 1 aromatic heterocycles. The maximum Gasteiger partial charge on any atom is 0.248 e. The van der Waals surface area contributed by atoms with Gasteiger partial charge in [-0.1, -0.05) is 12.1 Å². The van der Waals surface area contributed by atoms with Gasteiger partial charge in [-0.2, -0.15) is 0 Å². The monoisotopic (exact) mass is 283 g/mol. The van der Waals surface area contributed by atoms with Crippen molar-refractivity contribution in [3.8, 4) is 0 Å². The summed E-state index contributed by atoms with van der Waals surface area (Å²) >= 11 is 0. The summed E-state index contributed by atoms with van der Waals surface area (Å²) in [7, 11) is 0. The lowest BCUT2D eigenvalue weighted by molar-refractivity contribution is 0.331. The van der Waals surface area contributed by atoms with Crippen molar-refractivity contribution in [2.45, 2.75) is 25.9 Å². The normalized spacial score (nSPS) is 15.2. The number of rotatable bonds is 5. The van der Waals surface area contributed by atoms with Crippen molar-refractivity contribution in [3.05, 3.63) is 64.1 Å². The van der Waals surface area contributed by atoms with Crippen molar-refractivity contribution >= 4 is 5.69 Å². The van der Waals surface area contributed by atoms with Crippen LogP contribution in [0.25, 0.3) is 0 Å². The molecule has 21 heavy (non-hydrogen) atoms. The van der Waals surface area contributed by atoms with E-state index >= 15 is 0 Å². The third kappa shape index (κ3) is 3.95. The van der Waals surface area contributed by atoms with Gasteiger partial charge in [0.15, 0.2) is 0 Å². The second-order valence-corrected chi connectivity index (χ2v) is 5.59. The molecule has 0 amide bonds. The van der Waals surface area contributed by atoms with Crippen molar-refractivity contribution < 1.29 is 0 Å². The average Bonchev–Trinajstić information content (AvgIpc) is 3.00. The molecule has 110 valence electrons. The quantitative estimate of drug-likeness (QED) is 0.886. The highest BCUT2D eigenvalue weighted by Gasteiger charge is 2.11. The largest absolute Gasteiger partial charge is 0.381 e. The topological polar surface area (TPSA) is 48.1 Å². The van der Waals surface area contributed by atoms with E-state index in [1.54, 1.807) is 12.3 Å². The van der Waals surface area contributed by atoms with Crippen LogP contribution in [-0.4, -0.2) is 23.0 Å². The average molecular weight is 283 g/mol. The lowest BCUT2D eigenvalue weighted by Crippen LogP contribution is -2.18. The van der Waals surface area contributed by atoms with E-state index in [2.05, 4.69) is 39.5 Å². The van der Waals surface area contributed by atoms with Crippen molar-refractivity contribution in [3.63, 3.8) is 0 Å². The summed E-state index contributed by atoms with van der Waals surface area (Å²) in [6, 6.07) is 12.1. The van der Waals surface area contributed by atoms with Crippen LogP contribution in [0, 0.1) is 0 Å². The summed E-state index contributed by atoms with van der Waals surface area (Å²) in [5.74, 6) is 0. The molecule has 2 N–H and O–H groups in total. The molecular weight excluding hydrogens is 262 g/mol. The molecule has 0 atom stereocenters. The molecule has 2 heterocycles. The van der Waals surface area contributed by atoms with Crippen LogP contribution in [0.15, 0.2) is 47.4 Å². The molecule has 0 spiro atoms. The van der Waals surface area contributed by atoms with Crippen LogP contribution >= 0.6 is 0 Å². The summed E-state index contributed by atoms with van der Waals surface area (Å²) in [6.07, 6.45) is 4.34. The van der Waals surface area contributed by atoms with Crippen LogP contribution in [0.2, 0.25) is 0 Å². The Balaban J connectivity index is 1.55. The molecule has 0 bridgehead atoms. The molecular formula is C17H21N3O. The van der Waals surface area contributed by atoms with E-state index in [1.165, 1.54) is 31.5 Å². The number of hydrogen-bond donors (Lipinski definition) is 2. The van der Waals surface area contributed by atoms with Crippen molar-refractivity contribution in [2.24, 2.45) is 0 Å². The van der Waals surface area contributed by atoms with Gasteiger partial charge in [0.2, 0.25) is 5.56 Å². The maximum absolute atomic E-state index is 11.2. The maximum atomic E-state index is 11.2. The number of nitrogens with one attached hydrogen (secondary N) is 2. The Kier molecular flexibility index (Phi) is 4.36. The number of hydrogen-bond acceptors (Lipinski definition) is 3. The van der Waals surface area contributed by atoms with Gasteiger partial charge in [-0.15, -0.1) is 0 Å². The number of aromatic amines is 1. The van der Waals surface area contributed by atoms with Gasteiger partial charge >= 0.3 is 0 Å². The molecule has 4 heteroatoms. The standard InChI is InChI=1S/C17H21N3O/c21-17-11-15(7-8-18-17)12-19-16-5-3-14(4-6-16)13-20-9-1-2-10-20/h3-8,11,19H,1-2,9-10,12-13H2,(H,18,21). The van der Waals surface area contributed by atoms with E-state index < -0.39 is 0 Å². The Bertz CT molecular complexity index is 627. The molecule has 0 saturated carbocycles. The van der Waals surface area contributed by atoms with Crippen molar-refractivity contribution in [2.75, 3.05) is 18.4 Å². The van der Waals surface area contributed by atoms with Gasteiger partial charge in [-0.05, 0) is 55.3 Å². The Morgan fingerprint density at radius 3 is 2.52 bits per heavy atom.